The SMILES string of the molecule is CCC1C(=O)N(C(Cc2ccc3ccccc3c2)C(=O)NC)CCN1C(=O)C(Cc1ccc(F)cc1)NC(C)=O. The quantitative estimate of drug-likeness (QED) is 0.431. The summed E-state index contributed by atoms with van der Waals surface area (Å²) in [6, 6.07) is 17.3. The van der Waals surface area contributed by atoms with E-state index in [1.165, 1.54) is 24.0 Å². The molecule has 1 fully saturated rings. The second kappa shape index (κ2) is 12.7. The summed E-state index contributed by atoms with van der Waals surface area (Å²) in [5.41, 5.74) is 1.61. The van der Waals surface area contributed by atoms with Crippen molar-refractivity contribution in [1.82, 2.24) is 20.4 Å². The highest BCUT2D eigenvalue weighted by molar-refractivity contribution is 5.95. The maximum absolute atomic E-state index is 13.8. The van der Waals surface area contributed by atoms with E-state index in [2.05, 4.69) is 10.6 Å². The summed E-state index contributed by atoms with van der Waals surface area (Å²) in [6.45, 7) is 3.54. The summed E-state index contributed by atoms with van der Waals surface area (Å²) < 4.78 is 13.4. The highest BCUT2D eigenvalue weighted by Crippen LogP contribution is 2.23. The van der Waals surface area contributed by atoms with Gasteiger partial charge in [-0.05, 0) is 40.5 Å². The molecule has 210 valence electrons. The first-order chi connectivity index (χ1) is 19.2. The number of halogens is 1. The molecule has 1 aliphatic heterocycles. The highest BCUT2D eigenvalue weighted by Gasteiger charge is 2.42. The van der Waals surface area contributed by atoms with Crippen molar-refractivity contribution in [3.05, 3.63) is 83.7 Å². The molecule has 9 heteroatoms. The third-order valence-electron chi connectivity index (χ3n) is 7.39. The molecule has 8 nitrogen and oxygen atoms in total. The van der Waals surface area contributed by atoms with Crippen LogP contribution in [0.4, 0.5) is 4.39 Å². The van der Waals surface area contributed by atoms with E-state index in [9.17, 15) is 23.6 Å². The number of carbonyl (C=O) groups excluding carboxylic acids is 4. The fraction of sp³-hybridized carbons (Fsp3) is 0.355. The van der Waals surface area contributed by atoms with Crippen LogP contribution in [0, 0.1) is 5.82 Å². The molecule has 1 saturated heterocycles. The first-order valence-electron chi connectivity index (χ1n) is 13.5. The van der Waals surface area contributed by atoms with Gasteiger partial charge in [-0.1, -0.05) is 61.5 Å². The second-order valence-electron chi connectivity index (χ2n) is 10.1. The predicted molar refractivity (Wildman–Crippen MR) is 151 cm³/mol. The van der Waals surface area contributed by atoms with Crippen LogP contribution in [0.15, 0.2) is 66.7 Å². The number of amides is 4. The third-order valence-corrected chi connectivity index (χ3v) is 7.39. The molecule has 2 N–H and O–H groups in total. The van der Waals surface area contributed by atoms with Crippen molar-refractivity contribution in [2.75, 3.05) is 20.1 Å². The molecular formula is C31H35FN4O4. The Labute approximate surface area is 233 Å². The Kier molecular flexibility index (Phi) is 9.14. The molecule has 1 aliphatic rings. The van der Waals surface area contributed by atoms with Gasteiger partial charge in [-0.15, -0.1) is 0 Å². The summed E-state index contributed by atoms with van der Waals surface area (Å²) in [7, 11) is 1.55. The van der Waals surface area contributed by atoms with E-state index in [0.29, 0.717) is 18.4 Å². The van der Waals surface area contributed by atoms with Gasteiger partial charge in [0.05, 0.1) is 0 Å². The maximum Gasteiger partial charge on any atom is 0.246 e. The second-order valence-corrected chi connectivity index (χ2v) is 10.1. The molecule has 3 atom stereocenters. The van der Waals surface area contributed by atoms with Crippen LogP contribution in [0.1, 0.15) is 31.4 Å². The van der Waals surface area contributed by atoms with Crippen LogP contribution in [-0.2, 0) is 32.0 Å². The molecule has 0 aromatic heterocycles. The largest absolute Gasteiger partial charge is 0.357 e. The highest BCUT2D eigenvalue weighted by atomic mass is 19.1. The van der Waals surface area contributed by atoms with Gasteiger partial charge in [-0.2, -0.15) is 0 Å². The van der Waals surface area contributed by atoms with Gasteiger partial charge in [0.25, 0.3) is 0 Å². The number of hydrogen-bond donors (Lipinski definition) is 2. The summed E-state index contributed by atoms with van der Waals surface area (Å²) in [5.74, 6) is -1.74. The van der Waals surface area contributed by atoms with Crippen LogP contribution in [0.3, 0.4) is 0 Å². The lowest BCUT2D eigenvalue weighted by Gasteiger charge is -2.44. The van der Waals surface area contributed by atoms with Gasteiger partial charge in [0.2, 0.25) is 23.6 Å². The topological polar surface area (TPSA) is 98.8 Å². The molecule has 40 heavy (non-hydrogen) atoms. The van der Waals surface area contributed by atoms with Crippen LogP contribution in [0.2, 0.25) is 0 Å². The molecule has 0 radical (unpaired) electrons. The Morgan fingerprint density at radius 2 is 1.62 bits per heavy atom. The predicted octanol–water partition coefficient (Wildman–Crippen LogP) is 2.83. The first kappa shape index (κ1) is 28.7. The molecule has 4 rings (SSSR count). The molecule has 3 unspecified atom stereocenters. The number of likely N-dealkylation sites (N-methyl/N-ethyl adjacent to an activating group) is 1. The summed E-state index contributed by atoms with van der Waals surface area (Å²) in [5, 5.41) is 7.53. The zero-order chi connectivity index (χ0) is 28.8. The van der Waals surface area contributed by atoms with Gasteiger partial charge in [0.15, 0.2) is 0 Å². The Hall–Kier alpha value is -4.27. The van der Waals surface area contributed by atoms with Gasteiger partial charge in [0, 0.05) is 39.9 Å². The smallest absolute Gasteiger partial charge is 0.246 e. The Morgan fingerprint density at radius 3 is 2.27 bits per heavy atom. The van der Waals surface area contributed by atoms with Crippen LogP contribution in [-0.4, -0.2) is 71.7 Å². The van der Waals surface area contributed by atoms with Crippen molar-refractivity contribution >= 4 is 34.4 Å². The fourth-order valence-corrected chi connectivity index (χ4v) is 5.38. The summed E-state index contributed by atoms with van der Waals surface area (Å²) in [6.07, 6.45) is 0.840. The number of piperazine rings is 1. The van der Waals surface area contributed by atoms with Gasteiger partial charge in [-0.3, -0.25) is 19.2 Å². The van der Waals surface area contributed by atoms with E-state index in [4.69, 9.17) is 0 Å². The van der Waals surface area contributed by atoms with Gasteiger partial charge < -0.3 is 20.4 Å². The number of nitrogens with one attached hydrogen (secondary N) is 2. The van der Waals surface area contributed by atoms with Crippen molar-refractivity contribution in [2.45, 2.75) is 51.2 Å². The van der Waals surface area contributed by atoms with Crippen molar-refractivity contribution < 1.29 is 23.6 Å². The van der Waals surface area contributed by atoms with Crippen molar-refractivity contribution in [3.8, 4) is 0 Å². The van der Waals surface area contributed by atoms with E-state index in [1.807, 2.05) is 49.4 Å². The van der Waals surface area contributed by atoms with E-state index in [1.54, 1.807) is 24.1 Å². The number of fused-ring (bicyclic) bond motifs is 1. The normalized spacial score (nSPS) is 16.9. The van der Waals surface area contributed by atoms with Crippen molar-refractivity contribution in [2.24, 2.45) is 0 Å². The van der Waals surface area contributed by atoms with Crippen molar-refractivity contribution in [3.63, 3.8) is 0 Å². The lowest BCUT2D eigenvalue weighted by atomic mass is 9.97. The van der Waals surface area contributed by atoms with Crippen LogP contribution >= 0.6 is 0 Å². The van der Waals surface area contributed by atoms with Gasteiger partial charge in [-0.25, -0.2) is 4.39 Å². The molecule has 0 spiro atoms. The fourth-order valence-electron chi connectivity index (χ4n) is 5.38. The van der Waals surface area contributed by atoms with Crippen LogP contribution in [0.5, 0.6) is 0 Å². The Bertz CT molecular complexity index is 1390. The number of carbonyl (C=O) groups is 4. The number of benzene rings is 3. The zero-order valence-electron chi connectivity index (χ0n) is 23.0. The molecule has 1 heterocycles. The minimum Gasteiger partial charge on any atom is -0.357 e. The molecular weight excluding hydrogens is 511 g/mol. The number of rotatable bonds is 9. The molecule has 0 bridgehead atoms. The molecule has 4 amide bonds. The van der Waals surface area contributed by atoms with Gasteiger partial charge in [0.1, 0.15) is 23.9 Å². The van der Waals surface area contributed by atoms with Crippen molar-refractivity contribution in [1.29, 1.82) is 0 Å². The minimum absolute atomic E-state index is 0.159. The standard InChI is InChI=1S/C31H35FN4O4/c1-4-27-31(40)36(28(29(38)33-3)19-22-9-12-23-7-5-6-8-24(23)17-22)16-15-35(27)30(39)26(34-20(2)37)18-21-10-13-25(32)14-11-21/h5-14,17,26-28H,4,15-16,18-19H2,1-3H3,(H,33,38)(H,34,37). The van der Waals surface area contributed by atoms with E-state index in [0.717, 1.165) is 16.3 Å². The third kappa shape index (κ3) is 6.47. The Morgan fingerprint density at radius 1 is 0.950 bits per heavy atom. The van der Waals surface area contributed by atoms with Crippen LogP contribution in [0.25, 0.3) is 10.8 Å². The minimum atomic E-state index is -0.913. The molecule has 0 saturated carbocycles. The summed E-state index contributed by atoms with van der Waals surface area (Å²) >= 11 is 0. The lowest BCUT2D eigenvalue weighted by molar-refractivity contribution is -0.157. The molecule has 0 aliphatic carbocycles. The Balaban J connectivity index is 1.55. The molecule has 3 aromatic carbocycles. The van der Waals surface area contributed by atoms with Crippen LogP contribution < -0.4 is 10.6 Å². The average Bonchev–Trinajstić information content (AvgIpc) is 2.95. The van der Waals surface area contributed by atoms with Gasteiger partial charge >= 0.3 is 0 Å². The monoisotopic (exact) mass is 546 g/mol. The van der Waals surface area contributed by atoms with E-state index < -0.39 is 23.9 Å². The lowest BCUT2D eigenvalue weighted by Crippen LogP contribution is -2.65. The molecule has 3 aromatic rings. The number of nitrogens with zero attached hydrogens (tertiary/aromatic N) is 2. The van der Waals surface area contributed by atoms with E-state index in [-0.39, 0.29) is 43.1 Å². The maximum atomic E-state index is 13.8. The summed E-state index contributed by atoms with van der Waals surface area (Å²) in [4.78, 5) is 55.5. The zero-order valence-corrected chi connectivity index (χ0v) is 23.0. The number of hydrogen-bond acceptors (Lipinski definition) is 4. The van der Waals surface area contributed by atoms with E-state index >= 15 is 0 Å². The first-order valence-corrected chi connectivity index (χ1v) is 13.5. The average molecular weight is 547 g/mol.